The lowest BCUT2D eigenvalue weighted by atomic mass is 10.2. The van der Waals surface area contributed by atoms with Gasteiger partial charge in [-0.15, -0.1) is 0 Å². The number of hydrogen-bond donors (Lipinski definition) is 1. The fourth-order valence-corrected chi connectivity index (χ4v) is 1.93. The van der Waals surface area contributed by atoms with Crippen LogP contribution < -0.4 is 5.43 Å². The third kappa shape index (κ3) is 3.88. The Morgan fingerprint density at radius 1 is 1.12 bits per heavy atom. The molecule has 0 heterocycles. The summed E-state index contributed by atoms with van der Waals surface area (Å²) in [6.45, 7) is 0. The summed E-state index contributed by atoms with van der Waals surface area (Å²) in [6.07, 6.45) is 1.76. The molecule has 0 aromatic heterocycles. The van der Waals surface area contributed by atoms with Crippen LogP contribution in [0.4, 0.5) is 5.69 Å². The van der Waals surface area contributed by atoms with E-state index in [4.69, 9.17) is 11.6 Å². The third-order valence-corrected chi connectivity index (χ3v) is 2.81. The van der Waals surface area contributed by atoms with E-state index in [9.17, 15) is 0 Å². The molecular formula is C13H10BrClN2. The quantitative estimate of drug-likeness (QED) is 0.653. The van der Waals surface area contributed by atoms with E-state index in [1.165, 1.54) is 0 Å². The maximum atomic E-state index is 5.86. The number of hydrogen-bond acceptors (Lipinski definition) is 2. The molecule has 0 bridgehead atoms. The lowest BCUT2D eigenvalue weighted by molar-refractivity contribution is 1.35. The maximum Gasteiger partial charge on any atom is 0.0576 e. The highest BCUT2D eigenvalue weighted by Gasteiger charge is 1.91. The van der Waals surface area contributed by atoms with Gasteiger partial charge in [-0.3, -0.25) is 5.43 Å². The molecule has 0 amide bonds. The summed E-state index contributed by atoms with van der Waals surface area (Å²) in [7, 11) is 0. The lowest BCUT2D eigenvalue weighted by Crippen LogP contribution is -1.90. The molecule has 4 heteroatoms. The van der Waals surface area contributed by atoms with Crippen LogP contribution in [-0.2, 0) is 0 Å². The second kappa shape index (κ2) is 5.84. The van der Waals surface area contributed by atoms with E-state index in [0.717, 1.165) is 15.7 Å². The molecule has 2 aromatic rings. The van der Waals surface area contributed by atoms with Gasteiger partial charge in [0, 0.05) is 9.50 Å². The molecule has 0 aliphatic carbocycles. The molecule has 86 valence electrons. The Morgan fingerprint density at radius 3 is 2.71 bits per heavy atom. The van der Waals surface area contributed by atoms with Crippen LogP contribution >= 0.6 is 27.5 Å². The van der Waals surface area contributed by atoms with E-state index < -0.39 is 0 Å². The van der Waals surface area contributed by atoms with E-state index in [-0.39, 0.29) is 0 Å². The van der Waals surface area contributed by atoms with Crippen LogP contribution in [0.1, 0.15) is 5.56 Å². The van der Waals surface area contributed by atoms with Crippen molar-refractivity contribution < 1.29 is 0 Å². The predicted molar refractivity (Wildman–Crippen MR) is 76.8 cm³/mol. The number of rotatable bonds is 3. The first-order valence-corrected chi connectivity index (χ1v) is 6.21. The maximum absolute atomic E-state index is 5.86. The topological polar surface area (TPSA) is 24.4 Å². The highest BCUT2D eigenvalue weighted by Crippen LogP contribution is 2.15. The Bertz CT molecular complexity index is 540. The fraction of sp³-hybridized carbons (Fsp3) is 0. The first-order valence-electron chi connectivity index (χ1n) is 5.04. The molecule has 0 saturated heterocycles. The van der Waals surface area contributed by atoms with Gasteiger partial charge < -0.3 is 0 Å². The van der Waals surface area contributed by atoms with Gasteiger partial charge in [0.2, 0.25) is 0 Å². The summed E-state index contributed by atoms with van der Waals surface area (Å²) in [5.41, 5.74) is 4.81. The van der Waals surface area contributed by atoms with Crippen LogP contribution in [0.5, 0.6) is 0 Å². The van der Waals surface area contributed by atoms with Crippen molar-refractivity contribution in [1.29, 1.82) is 0 Å². The molecule has 0 saturated carbocycles. The van der Waals surface area contributed by atoms with Gasteiger partial charge in [-0.2, -0.15) is 5.10 Å². The highest BCUT2D eigenvalue weighted by atomic mass is 79.9. The van der Waals surface area contributed by atoms with Crippen molar-refractivity contribution in [3.8, 4) is 0 Å². The second-order valence-electron chi connectivity index (χ2n) is 3.44. The van der Waals surface area contributed by atoms with Crippen LogP contribution in [0.25, 0.3) is 0 Å². The van der Waals surface area contributed by atoms with Crippen LogP contribution in [-0.4, -0.2) is 6.21 Å². The van der Waals surface area contributed by atoms with Crippen molar-refractivity contribution in [2.24, 2.45) is 5.10 Å². The monoisotopic (exact) mass is 308 g/mol. The fourth-order valence-electron chi connectivity index (χ4n) is 1.33. The van der Waals surface area contributed by atoms with Crippen LogP contribution in [0.15, 0.2) is 58.1 Å². The molecule has 0 fully saturated rings. The lowest BCUT2D eigenvalue weighted by Gasteiger charge is -2.00. The van der Waals surface area contributed by atoms with Gasteiger partial charge in [0.15, 0.2) is 0 Å². The van der Waals surface area contributed by atoms with Crippen molar-refractivity contribution >= 4 is 39.4 Å². The molecule has 0 spiro atoms. The van der Waals surface area contributed by atoms with Gasteiger partial charge in [0.25, 0.3) is 0 Å². The SMILES string of the molecule is Clc1cccc(N/N=C\c2cccc(Br)c2)c1. The zero-order valence-electron chi connectivity index (χ0n) is 8.90. The van der Waals surface area contributed by atoms with Gasteiger partial charge in [0.05, 0.1) is 11.9 Å². The van der Waals surface area contributed by atoms with E-state index in [1.807, 2.05) is 48.5 Å². The summed E-state index contributed by atoms with van der Waals surface area (Å²) in [6, 6.07) is 15.3. The van der Waals surface area contributed by atoms with E-state index in [2.05, 4.69) is 26.5 Å². The number of benzene rings is 2. The number of anilines is 1. The molecule has 2 aromatic carbocycles. The number of hydrazone groups is 1. The summed E-state index contributed by atoms with van der Waals surface area (Å²) < 4.78 is 1.03. The number of nitrogens with zero attached hydrogens (tertiary/aromatic N) is 1. The van der Waals surface area contributed by atoms with Gasteiger partial charge in [-0.25, -0.2) is 0 Å². The van der Waals surface area contributed by atoms with Crippen LogP contribution in [0.3, 0.4) is 0 Å². The molecule has 0 atom stereocenters. The molecule has 0 unspecified atom stereocenters. The smallest absolute Gasteiger partial charge is 0.0576 e. The third-order valence-electron chi connectivity index (χ3n) is 2.08. The Balaban J connectivity index is 2.03. The normalized spacial score (nSPS) is 10.7. The first-order chi connectivity index (χ1) is 8.24. The molecule has 2 nitrogen and oxygen atoms in total. The van der Waals surface area contributed by atoms with Crippen molar-refractivity contribution in [1.82, 2.24) is 0 Å². The Hall–Kier alpha value is -1.32. The zero-order valence-corrected chi connectivity index (χ0v) is 11.2. The molecule has 2 rings (SSSR count). The summed E-state index contributed by atoms with van der Waals surface area (Å²) in [5.74, 6) is 0. The minimum Gasteiger partial charge on any atom is -0.278 e. The minimum absolute atomic E-state index is 0.688. The highest BCUT2D eigenvalue weighted by molar-refractivity contribution is 9.10. The van der Waals surface area contributed by atoms with Crippen LogP contribution in [0.2, 0.25) is 5.02 Å². The van der Waals surface area contributed by atoms with Crippen molar-refractivity contribution in [2.75, 3.05) is 5.43 Å². The Labute approximate surface area is 113 Å². The average molecular weight is 310 g/mol. The van der Waals surface area contributed by atoms with Crippen molar-refractivity contribution in [3.05, 3.63) is 63.6 Å². The number of nitrogens with one attached hydrogen (secondary N) is 1. The Morgan fingerprint density at radius 2 is 1.94 bits per heavy atom. The van der Waals surface area contributed by atoms with Gasteiger partial charge >= 0.3 is 0 Å². The largest absolute Gasteiger partial charge is 0.278 e. The minimum atomic E-state index is 0.688. The zero-order chi connectivity index (χ0) is 12.1. The molecular weight excluding hydrogens is 300 g/mol. The van der Waals surface area contributed by atoms with Gasteiger partial charge in [-0.1, -0.05) is 45.7 Å². The van der Waals surface area contributed by atoms with Crippen LogP contribution in [0, 0.1) is 0 Å². The molecule has 0 radical (unpaired) electrons. The molecule has 17 heavy (non-hydrogen) atoms. The molecule has 0 aliphatic rings. The first kappa shape index (κ1) is 12.1. The van der Waals surface area contributed by atoms with E-state index >= 15 is 0 Å². The predicted octanol–water partition coefficient (Wildman–Crippen LogP) is 4.55. The van der Waals surface area contributed by atoms with E-state index in [0.29, 0.717) is 5.02 Å². The van der Waals surface area contributed by atoms with Crippen molar-refractivity contribution in [2.45, 2.75) is 0 Å². The standard InChI is InChI=1S/C13H10BrClN2/c14-11-4-1-3-10(7-11)9-16-17-13-6-2-5-12(15)8-13/h1-9,17H/b16-9-. The van der Waals surface area contributed by atoms with Gasteiger partial charge in [0.1, 0.15) is 0 Å². The van der Waals surface area contributed by atoms with Gasteiger partial charge in [-0.05, 0) is 35.9 Å². The van der Waals surface area contributed by atoms with Crippen molar-refractivity contribution in [3.63, 3.8) is 0 Å². The number of halogens is 2. The summed E-state index contributed by atoms with van der Waals surface area (Å²) in [4.78, 5) is 0. The molecule has 1 N–H and O–H groups in total. The molecule has 0 aliphatic heterocycles. The average Bonchev–Trinajstić information content (AvgIpc) is 2.29. The Kier molecular flexibility index (Phi) is 4.18. The summed E-state index contributed by atoms with van der Waals surface area (Å²) >= 11 is 9.27. The second-order valence-corrected chi connectivity index (χ2v) is 4.79. The van der Waals surface area contributed by atoms with E-state index in [1.54, 1.807) is 6.21 Å². The summed E-state index contributed by atoms with van der Waals surface area (Å²) in [5, 5.41) is 4.83.